The highest BCUT2D eigenvalue weighted by molar-refractivity contribution is 5.77. The Balaban J connectivity index is 2.24. The van der Waals surface area contributed by atoms with Crippen molar-refractivity contribution in [1.82, 2.24) is 0 Å². The molecular weight excluding hydrogens is 266 g/mol. The molecule has 2 N–H and O–H groups in total. The fourth-order valence-electron chi connectivity index (χ4n) is 3.99. The maximum Gasteiger partial charge on any atom is 0.0393 e. The van der Waals surface area contributed by atoms with Crippen LogP contribution in [0.4, 0.5) is 5.69 Å². The molecule has 1 nitrogen and oxygen atoms in total. The van der Waals surface area contributed by atoms with E-state index in [1.807, 2.05) is 12.1 Å². The fraction of sp³-hybridized carbons (Fsp3) is 0.429. The van der Waals surface area contributed by atoms with Gasteiger partial charge in [0.1, 0.15) is 0 Å². The number of nitrogens with two attached hydrogens (primary N) is 1. The topological polar surface area (TPSA) is 26.0 Å². The van der Waals surface area contributed by atoms with Crippen LogP contribution in [0.2, 0.25) is 0 Å². The molecule has 1 heteroatoms. The van der Waals surface area contributed by atoms with E-state index in [0.717, 1.165) is 11.3 Å². The third kappa shape index (κ3) is 1.71. The lowest BCUT2D eigenvalue weighted by atomic mass is 9.59. The van der Waals surface area contributed by atoms with Crippen molar-refractivity contribution in [3.8, 4) is 11.1 Å². The SMILES string of the molecule is CC1(C)c2ccc(-c3ccccc3N)cc2C(C)(C)C1(C)C. The molecule has 0 saturated carbocycles. The largest absolute Gasteiger partial charge is 0.398 e. The van der Waals surface area contributed by atoms with E-state index in [-0.39, 0.29) is 16.2 Å². The monoisotopic (exact) mass is 293 g/mol. The lowest BCUT2D eigenvalue weighted by molar-refractivity contribution is 0.125. The number of benzene rings is 2. The van der Waals surface area contributed by atoms with Crippen molar-refractivity contribution in [2.75, 3.05) is 5.73 Å². The van der Waals surface area contributed by atoms with Crippen LogP contribution in [0.5, 0.6) is 0 Å². The summed E-state index contributed by atoms with van der Waals surface area (Å²) in [5, 5.41) is 0. The predicted octanol–water partition coefficient (Wildman–Crippen LogP) is 5.53. The maximum atomic E-state index is 6.17. The standard InChI is InChI=1S/C21H27N/c1-19(2)16-12-11-14(15-9-7-8-10-18(15)22)13-17(16)20(3,4)21(19,5)6/h7-13H,22H2,1-6H3. The third-order valence-electron chi connectivity index (χ3n) is 6.76. The van der Waals surface area contributed by atoms with Crippen molar-refractivity contribution in [3.63, 3.8) is 0 Å². The number of para-hydroxylation sites is 1. The zero-order valence-electron chi connectivity index (χ0n) is 14.6. The highest BCUT2D eigenvalue weighted by Crippen LogP contribution is 2.61. The van der Waals surface area contributed by atoms with Gasteiger partial charge < -0.3 is 5.73 Å². The normalized spacial score (nSPS) is 20.6. The second-order valence-electron chi connectivity index (χ2n) is 8.22. The van der Waals surface area contributed by atoms with Gasteiger partial charge in [-0.15, -0.1) is 0 Å². The van der Waals surface area contributed by atoms with E-state index in [1.54, 1.807) is 0 Å². The van der Waals surface area contributed by atoms with Crippen LogP contribution in [0.1, 0.15) is 52.7 Å². The Hall–Kier alpha value is -1.76. The van der Waals surface area contributed by atoms with Crippen LogP contribution in [0, 0.1) is 5.41 Å². The number of nitrogen functional groups attached to an aromatic ring is 1. The number of rotatable bonds is 1. The fourth-order valence-corrected chi connectivity index (χ4v) is 3.99. The lowest BCUT2D eigenvalue weighted by Gasteiger charge is -2.44. The van der Waals surface area contributed by atoms with Gasteiger partial charge in [-0.2, -0.15) is 0 Å². The van der Waals surface area contributed by atoms with Gasteiger partial charge in [-0.25, -0.2) is 0 Å². The first-order valence-corrected chi connectivity index (χ1v) is 8.10. The molecule has 0 atom stereocenters. The first-order valence-electron chi connectivity index (χ1n) is 8.10. The molecule has 2 aromatic carbocycles. The van der Waals surface area contributed by atoms with Crippen LogP contribution in [0.15, 0.2) is 42.5 Å². The Morgan fingerprint density at radius 2 is 1.32 bits per heavy atom. The van der Waals surface area contributed by atoms with E-state index in [4.69, 9.17) is 5.73 Å². The molecule has 1 aliphatic carbocycles. The Morgan fingerprint density at radius 3 is 1.95 bits per heavy atom. The van der Waals surface area contributed by atoms with Crippen molar-refractivity contribution in [1.29, 1.82) is 0 Å². The first kappa shape index (κ1) is 15.1. The molecule has 0 aromatic heterocycles. The summed E-state index contributed by atoms with van der Waals surface area (Å²) in [7, 11) is 0. The lowest BCUT2D eigenvalue weighted by Crippen LogP contribution is -2.42. The Labute approximate surface area is 134 Å². The molecule has 0 saturated heterocycles. The summed E-state index contributed by atoms with van der Waals surface area (Å²) in [4.78, 5) is 0. The van der Waals surface area contributed by atoms with Crippen molar-refractivity contribution in [2.45, 2.75) is 52.4 Å². The van der Waals surface area contributed by atoms with Crippen LogP contribution < -0.4 is 5.73 Å². The van der Waals surface area contributed by atoms with Gasteiger partial charge in [-0.3, -0.25) is 0 Å². The molecule has 0 radical (unpaired) electrons. The number of hydrogen-bond donors (Lipinski definition) is 1. The van der Waals surface area contributed by atoms with E-state index in [1.165, 1.54) is 16.7 Å². The smallest absolute Gasteiger partial charge is 0.0393 e. The van der Waals surface area contributed by atoms with Gasteiger partial charge in [0.25, 0.3) is 0 Å². The second-order valence-corrected chi connectivity index (χ2v) is 8.22. The van der Waals surface area contributed by atoms with E-state index >= 15 is 0 Å². The van der Waals surface area contributed by atoms with Crippen LogP contribution in [-0.2, 0) is 10.8 Å². The maximum absolute atomic E-state index is 6.17. The predicted molar refractivity (Wildman–Crippen MR) is 96.1 cm³/mol. The summed E-state index contributed by atoms with van der Waals surface area (Å²) in [6, 6.07) is 15.0. The molecular formula is C21H27N. The van der Waals surface area contributed by atoms with Gasteiger partial charge in [0.2, 0.25) is 0 Å². The third-order valence-corrected chi connectivity index (χ3v) is 6.76. The van der Waals surface area contributed by atoms with Gasteiger partial charge >= 0.3 is 0 Å². The molecule has 1 aliphatic rings. The van der Waals surface area contributed by atoms with Gasteiger partial charge in [0.05, 0.1) is 0 Å². The van der Waals surface area contributed by atoms with E-state index in [0.29, 0.717) is 0 Å². The van der Waals surface area contributed by atoms with Crippen LogP contribution >= 0.6 is 0 Å². The molecule has 0 fully saturated rings. The molecule has 116 valence electrons. The summed E-state index contributed by atoms with van der Waals surface area (Å²) in [6.45, 7) is 14.3. The molecule has 0 unspecified atom stereocenters. The number of hydrogen-bond acceptors (Lipinski definition) is 1. The molecule has 0 bridgehead atoms. The molecule has 2 aromatic rings. The van der Waals surface area contributed by atoms with E-state index in [9.17, 15) is 0 Å². The highest BCUT2D eigenvalue weighted by Gasteiger charge is 2.56. The van der Waals surface area contributed by atoms with Crippen LogP contribution in [0.25, 0.3) is 11.1 Å². The quantitative estimate of drug-likeness (QED) is 0.687. The zero-order chi connectivity index (χ0) is 16.3. The van der Waals surface area contributed by atoms with Crippen molar-refractivity contribution >= 4 is 5.69 Å². The van der Waals surface area contributed by atoms with Crippen LogP contribution in [-0.4, -0.2) is 0 Å². The van der Waals surface area contributed by atoms with Gasteiger partial charge in [0.15, 0.2) is 0 Å². The van der Waals surface area contributed by atoms with E-state index in [2.05, 4.69) is 71.9 Å². The minimum absolute atomic E-state index is 0.130. The summed E-state index contributed by atoms with van der Waals surface area (Å²) in [5.41, 5.74) is 12.8. The van der Waals surface area contributed by atoms with E-state index < -0.39 is 0 Å². The molecule has 0 heterocycles. The average Bonchev–Trinajstić information content (AvgIpc) is 2.56. The molecule has 22 heavy (non-hydrogen) atoms. The number of fused-ring (bicyclic) bond motifs is 1. The molecule has 0 amide bonds. The second kappa shape index (κ2) is 4.38. The van der Waals surface area contributed by atoms with Crippen molar-refractivity contribution in [3.05, 3.63) is 53.6 Å². The zero-order valence-corrected chi connectivity index (χ0v) is 14.6. The summed E-state index contributed by atoms with van der Waals surface area (Å²) in [6.07, 6.45) is 0. The molecule has 0 aliphatic heterocycles. The van der Waals surface area contributed by atoms with Gasteiger partial charge in [0, 0.05) is 11.3 Å². The minimum Gasteiger partial charge on any atom is -0.398 e. The summed E-state index contributed by atoms with van der Waals surface area (Å²) >= 11 is 0. The van der Waals surface area contributed by atoms with Crippen molar-refractivity contribution < 1.29 is 0 Å². The van der Waals surface area contributed by atoms with Gasteiger partial charge in [-0.05, 0) is 39.0 Å². The number of anilines is 1. The van der Waals surface area contributed by atoms with Crippen molar-refractivity contribution in [2.24, 2.45) is 5.41 Å². The summed E-state index contributed by atoms with van der Waals surface area (Å²) < 4.78 is 0. The average molecular weight is 293 g/mol. The highest BCUT2D eigenvalue weighted by atomic mass is 14.6. The van der Waals surface area contributed by atoms with Gasteiger partial charge in [-0.1, -0.05) is 77.9 Å². The van der Waals surface area contributed by atoms with Crippen LogP contribution in [0.3, 0.4) is 0 Å². The Kier molecular flexibility index (Phi) is 3.01. The Bertz CT molecular complexity index is 735. The first-order chi connectivity index (χ1) is 10.1. The molecule has 0 spiro atoms. The Morgan fingerprint density at radius 1 is 0.727 bits per heavy atom. The minimum atomic E-state index is 0.130. The summed E-state index contributed by atoms with van der Waals surface area (Å²) in [5.74, 6) is 0. The molecule has 3 rings (SSSR count).